The van der Waals surface area contributed by atoms with E-state index in [2.05, 4.69) is 29.4 Å². The van der Waals surface area contributed by atoms with Crippen LogP contribution in [0.25, 0.3) is 0 Å². The van der Waals surface area contributed by atoms with Gasteiger partial charge in [0.25, 0.3) is 5.91 Å². The topological polar surface area (TPSA) is 51.2 Å². The zero-order chi connectivity index (χ0) is 18.2. The number of hydrogen-bond donors (Lipinski definition) is 1. The largest absolute Gasteiger partial charge is 0.483 e. The summed E-state index contributed by atoms with van der Waals surface area (Å²) in [6.07, 6.45) is 1.69. The third-order valence-corrected chi connectivity index (χ3v) is 4.87. The van der Waals surface area contributed by atoms with E-state index in [1.807, 2.05) is 47.8 Å². The van der Waals surface area contributed by atoms with Crippen LogP contribution in [0.2, 0.25) is 0 Å². The Labute approximate surface area is 157 Å². The van der Waals surface area contributed by atoms with Crippen molar-refractivity contribution >= 4 is 17.2 Å². The van der Waals surface area contributed by atoms with Crippen molar-refractivity contribution in [3.63, 3.8) is 0 Å². The Morgan fingerprint density at radius 2 is 1.88 bits per heavy atom. The highest BCUT2D eigenvalue weighted by molar-refractivity contribution is 7.09. The molecule has 1 aromatic heterocycles. The number of aromatic nitrogens is 1. The lowest BCUT2D eigenvalue weighted by Gasteiger charge is -2.10. The number of nitrogens with zero attached hydrogens (tertiary/aromatic N) is 1. The van der Waals surface area contributed by atoms with Crippen molar-refractivity contribution in [1.29, 1.82) is 0 Å². The van der Waals surface area contributed by atoms with Gasteiger partial charge in [0.2, 0.25) is 0 Å². The monoisotopic (exact) mass is 366 g/mol. The highest BCUT2D eigenvalue weighted by atomic mass is 32.1. The third kappa shape index (κ3) is 5.17. The maximum absolute atomic E-state index is 12.0. The van der Waals surface area contributed by atoms with Gasteiger partial charge in [-0.2, -0.15) is 0 Å². The van der Waals surface area contributed by atoms with E-state index in [0.29, 0.717) is 6.54 Å². The number of rotatable bonds is 8. The lowest BCUT2D eigenvalue weighted by Crippen LogP contribution is -2.28. The zero-order valence-corrected chi connectivity index (χ0v) is 15.6. The molecule has 0 saturated carbocycles. The molecular formula is C21H22N2O2S. The van der Waals surface area contributed by atoms with Crippen LogP contribution in [0.3, 0.4) is 0 Å². The van der Waals surface area contributed by atoms with Gasteiger partial charge < -0.3 is 10.1 Å². The Morgan fingerprint density at radius 1 is 1.12 bits per heavy atom. The predicted molar refractivity (Wildman–Crippen MR) is 105 cm³/mol. The fraction of sp³-hybridized carbons (Fsp3) is 0.238. The number of nitrogens with one attached hydrogen (secondary N) is 1. The molecular weight excluding hydrogens is 344 g/mol. The Hall–Kier alpha value is -2.66. The van der Waals surface area contributed by atoms with Crippen molar-refractivity contribution in [2.24, 2.45) is 0 Å². The van der Waals surface area contributed by atoms with Gasteiger partial charge in [-0.1, -0.05) is 55.5 Å². The lowest BCUT2D eigenvalue weighted by atomic mass is 10.1. The molecule has 26 heavy (non-hydrogen) atoms. The molecule has 5 heteroatoms. The molecule has 0 unspecified atom stereocenters. The molecule has 2 aromatic carbocycles. The molecule has 134 valence electrons. The number of hydrogen-bond acceptors (Lipinski definition) is 4. The lowest BCUT2D eigenvalue weighted by molar-refractivity contribution is -0.123. The quantitative estimate of drug-likeness (QED) is 0.656. The van der Waals surface area contributed by atoms with Crippen LogP contribution >= 0.6 is 11.3 Å². The molecule has 0 atom stereocenters. The van der Waals surface area contributed by atoms with E-state index in [4.69, 9.17) is 4.74 Å². The van der Waals surface area contributed by atoms with Crippen LogP contribution in [-0.2, 0) is 24.2 Å². The van der Waals surface area contributed by atoms with Gasteiger partial charge in [-0.3, -0.25) is 4.79 Å². The van der Waals surface area contributed by atoms with Crippen molar-refractivity contribution < 1.29 is 9.53 Å². The minimum absolute atomic E-state index is 0.0119. The van der Waals surface area contributed by atoms with Gasteiger partial charge >= 0.3 is 0 Å². The summed E-state index contributed by atoms with van der Waals surface area (Å²) in [5, 5.41) is 5.91. The molecule has 0 radical (unpaired) electrons. The van der Waals surface area contributed by atoms with E-state index in [-0.39, 0.29) is 12.5 Å². The molecule has 0 bridgehead atoms. The van der Waals surface area contributed by atoms with E-state index in [1.165, 1.54) is 5.56 Å². The number of aryl methyl sites for hydroxylation is 1. The molecule has 0 fully saturated rings. The second kappa shape index (κ2) is 9.15. The molecule has 3 aromatic rings. The Morgan fingerprint density at radius 3 is 2.69 bits per heavy atom. The van der Waals surface area contributed by atoms with Gasteiger partial charge in [-0.15, -0.1) is 11.3 Å². The minimum atomic E-state index is -0.145. The van der Waals surface area contributed by atoms with Gasteiger partial charge in [-0.25, -0.2) is 4.98 Å². The number of carbonyl (C=O) groups excluding carboxylic acids is 1. The maximum atomic E-state index is 12.0. The van der Waals surface area contributed by atoms with E-state index in [1.54, 1.807) is 11.3 Å². The van der Waals surface area contributed by atoms with Crippen molar-refractivity contribution in [2.75, 3.05) is 6.61 Å². The van der Waals surface area contributed by atoms with Gasteiger partial charge in [0.1, 0.15) is 5.75 Å². The standard InChI is InChI=1S/C21H22N2O2S/c1-2-17-10-6-7-11-19(17)25-14-20(24)22-13-18-15-26-21(23-18)12-16-8-4-3-5-9-16/h3-11,15H,2,12-14H2,1H3,(H,22,24). The Bertz CT molecular complexity index is 846. The summed E-state index contributed by atoms with van der Waals surface area (Å²) in [7, 11) is 0. The van der Waals surface area contributed by atoms with Gasteiger partial charge in [-0.05, 0) is 23.6 Å². The summed E-state index contributed by atoms with van der Waals surface area (Å²) in [5.74, 6) is 0.623. The normalized spacial score (nSPS) is 10.5. The predicted octanol–water partition coefficient (Wildman–Crippen LogP) is 3.99. The van der Waals surface area contributed by atoms with E-state index < -0.39 is 0 Å². The summed E-state index contributed by atoms with van der Waals surface area (Å²) in [6.45, 7) is 2.50. The van der Waals surface area contributed by atoms with Crippen molar-refractivity contribution in [2.45, 2.75) is 26.3 Å². The smallest absolute Gasteiger partial charge is 0.258 e. The number of benzene rings is 2. The SMILES string of the molecule is CCc1ccccc1OCC(=O)NCc1csc(Cc2ccccc2)n1. The van der Waals surface area contributed by atoms with Gasteiger partial charge in [0, 0.05) is 11.8 Å². The molecule has 4 nitrogen and oxygen atoms in total. The number of thiazole rings is 1. The fourth-order valence-electron chi connectivity index (χ4n) is 2.60. The summed E-state index contributed by atoms with van der Waals surface area (Å²) in [6, 6.07) is 18.0. The van der Waals surface area contributed by atoms with E-state index in [0.717, 1.165) is 34.9 Å². The first-order chi connectivity index (χ1) is 12.7. The van der Waals surface area contributed by atoms with Crippen molar-refractivity contribution in [1.82, 2.24) is 10.3 Å². The van der Waals surface area contributed by atoms with Crippen LogP contribution in [0.1, 0.15) is 28.8 Å². The average Bonchev–Trinajstić information content (AvgIpc) is 3.13. The average molecular weight is 366 g/mol. The van der Waals surface area contributed by atoms with Crippen LogP contribution in [0.4, 0.5) is 0 Å². The molecule has 0 aliphatic heterocycles. The van der Waals surface area contributed by atoms with E-state index >= 15 is 0 Å². The minimum Gasteiger partial charge on any atom is -0.483 e. The molecule has 0 saturated heterocycles. The van der Waals surface area contributed by atoms with Crippen LogP contribution in [0.15, 0.2) is 60.0 Å². The summed E-state index contributed by atoms with van der Waals surface area (Å²) >= 11 is 1.62. The molecule has 3 rings (SSSR count). The molecule has 0 aliphatic carbocycles. The highest BCUT2D eigenvalue weighted by Gasteiger charge is 2.08. The molecule has 1 amide bonds. The summed E-state index contributed by atoms with van der Waals surface area (Å²) < 4.78 is 5.63. The van der Waals surface area contributed by atoms with Gasteiger partial charge in [0.05, 0.1) is 17.2 Å². The van der Waals surface area contributed by atoms with Crippen molar-refractivity contribution in [3.05, 3.63) is 81.8 Å². The maximum Gasteiger partial charge on any atom is 0.258 e. The summed E-state index contributed by atoms with van der Waals surface area (Å²) in [4.78, 5) is 16.6. The third-order valence-electron chi connectivity index (χ3n) is 3.98. The molecule has 0 aliphatic rings. The number of amides is 1. The fourth-order valence-corrected chi connectivity index (χ4v) is 3.43. The number of carbonyl (C=O) groups is 1. The van der Waals surface area contributed by atoms with Crippen LogP contribution in [0, 0.1) is 0 Å². The van der Waals surface area contributed by atoms with Crippen LogP contribution < -0.4 is 10.1 Å². The zero-order valence-electron chi connectivity index (χ0n) is 14.8. The first-order valence-electron chi connectivity index (χ1n) is 8.69. The Balaban J connectivity index is 1.46. The first-order valence-corrected chi connectivity index (χ1v) is 9.57. The van der Waals surface area contributed by atoms with Gasteiger partial charge in [0.15, 0.2) is 6.61 Å². The number of ether oxygens (including phenoxy) is 1. The molecule has 1 N–H and O–H groups in total. The van der Waals surface area contributed by atoms with E-state index in [9.17, 15) is 4.79 Å². The first kappa shape index (κ1) is 18.1. The van der Waals surface area contributed by atoms with Crippen LogP contribution in [0.5, 0.6) is 5.75 Å². The summed E-state index contributed by atoms with van der Waals surface area (Å²) in [5.41, 5.74) is 3.22. The second-order valence-electron chi connectivity index (χ2n) is 5.92. The molecule has 1 heterocycles. The number of para-hydroxylation sites is 1. The second-order valence-corrected chi connectivity index (χ2v) is 6.86. The Kier molecular flexibility index (Phi) is 6.39. The van der Waals surface area contributed by atoms with Crippen LogP contribution in [-0.4, -0.2) is 17.5 Å². The molecule has 0 spiro atoms. The highest BCUT2D eigenvalue weighted by Crippen LogP contribution is 2.18. The van der Waals surface area contributed by atoms with Crippen molar-refractivity contribution in [3.8, 4) is 5.75 Å².